The molecule has 0 aliphatic rings. The first-order chi connectivity index (χ1) is 10.2. The van der Waals surface area contributed by atoms with Crippen LogP contribution in [0.15, 0.2) is 54.6 Å². The number of ether oxygens (including phenoxy) is 2. The van der Waals surface area contributed by atoms with Crippen molar-refractivity contribution in [2.45, 2.75) is 6.61 Å². The number of carbonyl (C=O) groups excluding carboxylic acids is 1. The molecule has 0 saturated carbocycles. The Kier molecular flexibility index (Phi) is 4.85. The average molecular weight is 282 g/mol. The minimum Gasteiger partial charge on any atom is -0.489 e. The van der Waals surface area contributed by atoms with Crippen molar-refractivity contribution in [3.63, 3.8) is 0 Å². The summed E-state index contributed by atoms with van der Waals surface area (Å²) in [6.45, 7) is 0.456. The van der Waals surface area contributed by atoms with E-state index >= 15 is 0 Å². The van der Waals surface area contributed by atoms with Crippen LogP contribution in [0.1, 0.15) is 11.1 Å². The Hall–Kier alpha value is -2.91. The maximum absolute atomic E-state index is 11.4. The standard InChI is InChI=1S/C16H14N2O3/c1-20-16(19)15(18-17)13-7-9-14(10-8-13)21-11-12-5-3-2-4-6-12/h2-10H,11H2,1H3. The molecule has 0 saturated heterocycles. The van der Waals surface area contributed by atoms with E-state index in [2.05, 4.69) is 9.53 Å². The van der Waals surface area contributed by atoms with Gasteiger partial charge in [0.2, 0.25) is 0 Å². The van der Waals surface area contributed by atoms with Crippen LogP contribution < -0.4 is 4.74 Å². The quantitative estimate of drug-likeness (QED) is 0.366. The Bertz CT molecular complexity index is 660. The van der Waals surface area contributed by atoms with Crippen LogP contribution in [0.4, 0.5) is 0 Å². The van der Waals surface area contributed by atoms with Crippen molar-refractivity contribution in [2.75, 3.05) is 7.11 Å². The van der Waals surface area contributed by atoms with Crippen LogP contribution in [0, 0.1) is 0 Å². The van der Waals surface area contributed by atoms with E-state index in [4.69, 9.17) is 10.3 Å². The maximum Gasteiger partial charge on any atom is 0.422 e. The first-order valence-corrected chi connectivity index (χ1v) is 6.32. The fraction of sp³-hybridized carbons (Fsp3) is 0.125. The zero-order chi connectivity index (χ0) is 15.1. The normalized spacial score (nSPS) is 9.57. The van der Waals surface area contributed by atoms with E-state index in [0.717, 1.165) is 5.56 Å². The molecule has 2 rings (SSSR count). The molecule has 5 nitrogen and oxygen atoms in total. The molecule has 2 aromatic carbocycles. The zero-order valence-electron chi connectivity index (χ0n) is 11.5. The first-order valence-electron chi connectivity index (χ1n) is 6.32. The molecule has 0 aliphatic heterocycles. The number of nitrogens with zero attached hydrogens (tertiary/aromatic N) is 2. The highest BCUT2D eigenvalue weighted by atomic mass is 16.5. The second-order valence-corrected chi connectivity index (χ2v) is 4.24. The molecule has 0 N–H and O–H groups in total. The Morgan fingerprint density at radius 1 is 1.10 bits per heavy atom. The highest BCUT2D eigenvalue weighted by Gasteiger charge is 2.23. The van der Waals surface area contributed by atoms with Crippen molar-refractivity contribution in [3.8, 4) is 5.75 Å². The van der Waals surface area contributed by atoms with Crippen molar-refractivity contribution in [1.29, 1.82) is 0 Å². The molecule has 21 heavy (non-hydrogen) atoms. The molecule has 0 heterocycles. The number of benzene rings is 2. The smallest absolute Gasteiger partial charge is 0.422 e. The van der Waals surface area contributed by atoms with Gasteiger partial charge in [-0.25, -0.2) is 4.79 Å². The van der Waals surface area contributed by atoms with E-state index in [-0.39, 0.29) is 5.71 Å². The third-order valence-electron chi connectivity index (χ3n) is 2.85. The van der Waals surface area contributed by atoms with E-state index in [1.165, 1.54) is 7.11 Å². The van der Waals surface area contributed by atoms with Gasteiger partial charge in [0.15, 0.2) is 0 Å². The maximum atomic E-state index is 11.4. The van der Waals surface area contributed by atoms with Crippen molar-refractivity contribution in [2.24, 2.45) is 0 Å². The Labute approximate surface area is 122 Å². The van der Waals surface area contributed by atoms with Gasteiger partial charge < -0.3 is 15.0 Å². The van der Waals surface area contributed by atoms with Gasteiger partial charge in [0.05, 0.1) is 12.7 Å². The van der Waals surface area contributed by atoms with Crippen molar-refractivity contribution in [1.82, 2.24) is 0 Å². The summed E-state index contributed by atoms with van der Waals surface area (Å²) in [5.74, 6) is -0.0415. The zero-order valence-corrected chi connectivity index (χ0v) is 11.5. The highest BCUT2D eigenvalue weighted by molar-refractivity contribution is 6.40. The molecule has 0 fully saturated rings. The van der Waals surface area contributed by atoms with Gasteiger partial charge >= 0.3 is 11.7 Å². The summed E-state index contributed by atoms with van der Waals surface area (Å²) in [6.07, 6.45) is 0. The number of carbonyl (C=O) groups is 1. The number of hydrogen-bond acceptors (Lipinski definition) is 3. The van der Waals surface area contributed by atoms with Crippen LogP contribution in [0.25, 0.3) is 5.53 Å². The summed E-state index contributed by atoms with van der Waals surface area (Å²) in [5, 5.41) is 0. The molecule has 0 radical (unpaired) electrons. The van der Waals surface area contributed by atoms with Crippen molar-refractivity contribution in [3.05, 3.63) is 71.3 Å². The molecule has 0 unspecified atom stereocenters. The third-order valence-corrected chi connectivity index (χ3v) is 2.85. The van der Waals surface area contributed by atoms with Gasteiger partial charge in [0.1, 0.15) is 12.4 Å². The number of hydrogen-bond donors (Lipinski definition) is 0. The summed E-state index contributed by atoms with van der Waals surface area (Å²) in [5.41, 5.74) is 10.2. The van der Waals surface area contributed by atoms with E-state index in [0.29, 0.717) is 17.9 Å². The molecular weight excluding hydrogens is 268 g/mol. The molecule has 0 amide bonds. The monoisotopic (exact) mass is 282 g/mol. The highest BCUT2D eigenvalue weighted by Crippen LogP contribution is 2.14. The molecule has 0 aromatic heterocycles. The van der Waals surface area contributed by atoms with E-state index in [1.807, 2.05) is 30.3 Å². The Balaban J connectivity index is 2.05. The van der Waals surface area contributed by atoms with Crippen LogP contribution in [0.2, 0.25) is 0 Å². The predicted molar refractivity (Wildman–Crippen MR) is 77.0 cm³/mol. The lowest BCUT2D eigenvalue weighted by Gasteiger charge is -2.06. The van der Waals surface area contributed by atoms with Gasteiger partial charge in [-0.1, -0.05) is 30.3 Å². The molecule has 0 bridgehead atoms. The first kappa shape index (κ1) is 14.5. The van der Waals surface area contributed by atoms with Crippen LogP contribution in [-0.4, -0.2) is 23.6 Å². The van der Waals surface area contributed by atoms with Crippen LogP contribution >= 0.6 is 0 Å². The Morgan fingerprint density at radius 3 is 2.33 bits per heavy atom. The summed E-state index contributed by atoms with van der Waals surface area (Å²) in [6, 6.07) is 16.5. The van der Waals surface area contributed by atoms with Gasteiger partial charge in [0.25, 0.3) is 0 Å². The lowest BCUT2D eigenvalue weighted by Crippen LogP contribution is -2.18. The van der Waals surface area contributed by atoms with Gasteiger partial charge in [-0.3, -0.25) is 0 Å². The third kappa shape index (κ3) is 3.78. The fourth-order valence-corrected chi connectivity index (χ4v) is 1.76. The summed E-state index contributed by atoms with van der Waals surface area (Å²) >= 11 is 0. The SMILES string of the molecule is COC(=O)C(=[N+]=[N-])c1ccc(OCc2ccccc2)cc1. The van der Waals surface area contributed by atoms with E-state index < -0.39 is 5.97 Å². The molecule has 2 aromatic rings. The molecule has 106 valence electrons. The molecule has 0 atom stereocenters. The molecule has 5 heteroatoms. The summed E-state index contributed by atoms with van der Waals surface area (Å²) in [4.78, 5) is 14.3. The van der Waals surface area contributed by atoms with Crippen LogP contribution in [-0.2, 0) is 16.1 Å². The topological polar surface area (TPSA) is 71.9 Å². The molecule has 0 spiro atoms. The second-order valence-electron chi connectivity index (χ2n) is 4.24. The van der Waals surface area contributed by atoms with Gasteiger partial charge in [-0.2, -0.15) is 4.79 Å². The van der Waals surface area contributed by atoms with Crippen molar-refractivity contribution < 1.29 is 19.1 Å². The average Bonchev–Trinajstić information content (AvgIpc) is 2.55. The Morgan fingerprint density at radius 2 is 1.76 bits per heavy atom. The van der Waals surface area contributed by atoms with Gasteiger partial charge in [-0.05, 0) is 29.8 Å². The predicted octanol–water partition coefficient (Wildman–Crippen LogP) is 2.46. The summed E-state index contributed by atoms with van der Waals surface area (Å²) in [7, 11) is 1.23. The fourth-order valence-electron chi connectivity index (χ4n) is 1.76. The summed E-state index contributed by atoms with van der Waals surface area (Å²) < 4.78 is 10.2. The lowest BCUT2D eigenvalue weighted by molar-refractivity contribution is -0.137. The molecule has 0 aliphatic carbocycles. The van der Waals surface area contributed by atoms with Gasteiger partial charge in [0, 0.05) is 0 Å². The van der Waals surface area contributed by atoms with Crippen molar-refractivity contribution >= 4 is 11.7 Å². The second kappa shape index (κ2) is 7.03. The largest absolute Gasteiger partial charge is 0.489 e. The molecular formula is C16H14N2O3. The number of esters is 1. The minimum atomic E-state index is -0.699. The van der Waals surface area contributed by atoms with Gasteiger partial charge in [-0.15, -0.1) is 0 Å². The number of methoxy groups -OCH3 is 1. The van der Waals surface area contributed by atoms with Crippen LogP contribution in [0.5, 0.6) is 5.75 Å². The number of rotatable bonds is 5. The van der Waals surface area contributed by atoms with Crippen LogP contribution in [0.3, 0.4) is 0 Å². The lowest BCUT2D eigenvalue weighted by atomic mass is 10.1. The van der Waals surface area contributed by atoms with E-state index in [1.54, 1.807) is 24.3 Å². The van der Waals surface area contributed by atoms with E-state index in [9.17, 15) is 4.79 Å². The minimum absolute atomic E-state index is 0.146.